The maximum Gasteiger partial charge on any atom is 0.0159 e. The van der Waals surface area contributed by atoms with E-state index in [0.717, 1.165) is 0 Å². The molecule has 0 spiro atoms. The highest BCUT2D eigenvalue weighted by atomic mass is 127. The molecule has 102 valence electrons. The topological polar surface area (TPSA) is 0 Å². The van der Waals surface area contributed by atoms with Gasteiger partial charge in [0.05, 0.1) is 0 Å². The first-order valence-electron chi connectivity index (χ1n) is 6.77. The highest BCUT2D eigenvalue weighted by Gasteiger charge is 2.30. The van der Waals surface area contributed by atoms with E-state index in [2.05, 4.69) is 89.3 Å². The Hall–Kier alpha value is -0.0500. The molecule has 1 heteroatoms. The SMILES string of the molecule is Cc1cc(C(CC(C)(C)C)C(C)(C)C)ccc1I. The average molecular weight is 358 g/mol. The monoisotopic (exact) mass is 358 g/mol. The summed E-state index contributed by atoms with van der Waals surface area (Å²) in [6, 6.07) is 6.95. The first kappa shape index (κ1) is 16.0. The van der Waals surface area contributed by atoms with Crippen molar-refractivity contribution in [3.63, 3.8) is 0 Å². The lowest BCUT2D eigenvalue weighted by Crippen LogP contribution is -2.24. The van der Waals surface area contributed by atoms with Crippen LogP contribution >= 0.6 is 22.6 Å². The molecule has 0 aliphatic carbocycles. The van der Waals surface area contributed by atoms with Crippen LogP contribution in [0, 0.1) is 21.3 Å². The summed E-state index contributed by atoms with van der Waals surface area (Å²) < 4.78 is 1.36. The van der Waals surface area contributed by atoms with Gasteiger partial charge in [0.25, 0.3) is 0 Å². The van der Waals surface area contributed by atoms with E-state index in [1.807, 2.05) is 0 Å². The molecule has 1 unspecified atom stereocenters. The first-order valence-corrected chi connectivity index (χ1v) is 7.84. The summed E-state index contributed by atoms with van der Waals surface area (Å²) in [5.74, 6) is 0.619. The van der Waals surface area contributed by atoms with Crippen LogP contribution < -0.4 is 0 Å². The molecular weight excluding hydrogens is 331 g/mol. The van der Waals surface area contributed by atoms with Crippen molar-refractivity contribution in [2.45, 2.75) is 60.8 Å². The van der Waals surface area contributed by atoms with Crippen LogP contribution in [0.1, 0.15) is 65.0 Å². The molecular formula is C17H27I. The van der Waals surface area contributed by atoms with Crippen molar-refractivity contribution in [2.75, 3.05) is 0 Å². The lowest BCUT2D eigenvalue weighted by molar-refractivity contribution is 0.229. The predicted molar refractivity (Wildman–Crippen MR) is 90.2 cm³/mol. The Morgan fingerprint density at radius 1 is 1.06 bits per heavy atom. The van der Waals surface area contributed by atoms with E-state index < -0.39 is 0 Å². The van der Waals surface area contributed by atoms with E-state index in [1.165, 1.54) is 21.1 Å². The van der Waals surface area contributed by atoms with Gasteiger partial charge in [0.2, 0.25) is 0 Å². The molecule has 0 saturated carbocycles. The van der Waals surface area contributed by atoms with Crippen LogP contribution in [-0.4, -0.2) is 0 Å². The fourth-order valence-corrected chi connectivity index (χ4v) is 2.76. The maximum atomic E-state index is 2.41. The molecule has 0 aliphatic rings. The van der Waals surface area contributed by atoms with Gasteiger partial charge in [0, 0.05) is 3.57 Å². The maximum absolute atomic E-state index is 2.41. The average Bonchev–Trinajstić information content (AvgIpc) is 2.16. The number of hydrogen-bond acceptors (Lipinski definition) is 0. The smallest absolute Gasteiger partial charge is 0.0159 e. The molecule has 0 nitrogen and oxygen atoms in total. The number of rotatable bonds is 2. The van der Waals surface area contributed by atoms with E-state index in [4.69, 9.17) is 0 Å². The second kappa shape index (κ2) is 5.52. The summed E-state index contributed by atoms with van der Waals surface area (Å²) in [6.45, 7) is 16.3. The Labute approximate surface area is 127 Å². The Balaban J connectivity index is 3.14. The van der Waals surface area contributed by atoms with Crippen molar-refractivity contribution in [3.8, 4) is 0 Å². The lowest BCUT2D eigenvalue weighted by atomic mass is 9.69. The van der Waals surface area contributed by atoms with Crippen LogP contribution in [0.25, 0.3) is 0 Å². The number of hydrogen-bond donors (Lipinski definition) is 0. The predicted octanol–water partition coefficient (Wildman–Crippen LogP) is 6.17. The zero-order valence-corrected chi connectivity index (χ0v) is 15.1. The van der Waals surface area contributed by atoms with Gasteiger partial charge in [0.15, 0.2) is 0 Å². The fraction of sp³-hybridized carbons (Fsp3) is 0.647. The molecule has 1 aromatic carbocycles. The standard InChI is InChI=1S/C17H27I/c1-12-10-13(8-9-15(12)18)14(17(5,6)7)11-16(2,3)4/h8-10,14H,11H2,1-7H3. The molecule has 18 heavy (non-hydrogen) atoms. The van der Waals surface area contributed by atoms with Gasteiger partial charge < -0.3 is 0 Å². The zero-order chi connectivity index (χ0) is 14.1. The van der Waals surface area contributed by atoms with Crippen molar-refractivity contribution in [1.82, 2.24) is 0 Å². The van der Waals surface area contributed by atoms with E-state index in [9.17, 15) is 0 Å². The van der Waals surface area contributed by atoms with Crippen molar-refractivity contribution in [1.29, 1.82) is 0 Å². The number of halogens is 1. The Bertz CT molecular complexity index is 405. The molecule has 0 bridgehead atoms. The Kier molecular flexibility index (Phi) is 4.91. The normalized spacial score (nSPS) is 14.7. The van der Waals surface area contributed by atoms with Gasteiger partial charge >= 0.3 is 0 Å². The molecule has 0 N–H and O–H groups in total. The number of benzene rings is 1. The summed E-state index contributed by atoms with van der Waals surface area (Å²) in [5.41, 5.74) is 3.58. The van der Waals surface area contributed by atoms with E-state index in [1.54, 1.807) is 0 Å². The fourth-order valence-electron chi connectivity index (χ4n) is 2.42. The molecule has 1 aromatic rings. The van der Waals surface area contributed by atoms with Gasteiger partial charge in [-0.2, -0.15) is 0 Å². The largest absolute Gasteiger partial charge is 0.0602 e. The van der Waals surface area contributed by atoms with Gasteiger partial charge in [0.1, 0.15) is 0 Å². The minimum atomic E-state index is 0.312. The molecule has 0 amide bonds. The van der Waals surface area contributed by atoms with Crippen LogP contribution in [0.2, 0.25) is 0 Å². The summed E-state index contributed by atoms with van der Waals surface area (Å²) in [4.78, 5) is 0. The van der Waals surface area contributed by atoms with E-state index in [0.29, 0.717) is 16.7 Å². The summed E-state index contributed by atoms with van der Waals surface area (Å²) in [5, 5.41) is 0. The quantitative estimate of drug-likeness (QED) is 0.555. The molecule has 0 saturated heterocycles. The molecule has 0 aromatic heterocycles. The van der Waals surface area contributed by atoms with Gasteiger partial charge in [-0.15, -0.1) is 0 Å². The summed E-state index contributed by atoms with van der Waals surface area (Å²) >= 11 is 2.41. The minimum Gasteiger partial charge on any atom is -0.0602 e. The minimum absolute atomic E-state index is 0.312. The van der Waals surface area contributed by atoms with E-state index in [-0.39, 0.29) is 0 Å². The van der Waals surface area contributed by atoms with Gasteiger partial charge in [-0.05, 0) is 69.9 Å². The van der Waals surface area contributed by atoms with Crippen LogP contribution in [0.3, 0.4) is 0 Å². The van der Waals surface area contributed by atoms with Crippen LogP contribution in [0.4, 0.5) is 0 Å². The molecule has 0 heterocycles. The third-order valence-electron chi connectivity index (χ3n) is 3.45. The second-order valence-electron chi connectivity index (χ2n) is 7.69. The second-order valence-corrected chi connectivity index (χ2v) is 8.85. The first-order chi connectivity index (χ1) is 8.00. The van der Waals surface area contributed by atoms with Crippen LogP contribution in [0.15, 0.2) is 18.2 Å². The summed E-state index contributed by atoms with van der Waals surface area (Å²) in [7, 11) is 0. The van der Waals surface area contributed by atoms with Crippen molar-refractivity contribution in [3.05, 3.63) is 32.9 Å². The van der Waals surface area contributed by atoms with Gasteiger partial charge in [-0.3, -0.25) is 0 Å². The lowest BCUT2D eigenvalue weighted by Gasteiger charge is -2.36. The molecule has 1 rings (SSSR count). The molecule has 0 fully saturated rings. The third-order valence-corrected chi connectivity index (χ3v) is 4.66. The Morgan fingerprint density at radius 2 is 1.61 bits per heavy atom. The zero-order valence-electron chi connectivity index (χ0n) is 12.9. The van der Waals surface area contributed by atoms with Gasteiger partial charge in [-0.25, -0.2) is 0 Å². The third kappa shape index (κ3) is 4.56. The Morgan fingerprint density at radius 3 is 2.00 bits per heavy atom. The van der Waals surface area contributed by atoms with Crippen molar-refractivity contribution >= 4 is 22.6 Å². The van der Waals surface area contributed by atoms with Gasteiger partial charge in [-0.1, -0.05) is 53.7 Å². The van der Waals surface area contributed by atoms with Crippen LogP contribution in [-0.2, 0) is 0 Å². The molecule has 1 atom stereocenters. The van der Waals surface area contributed by atoms with Crippen molar-refractivity contribution in [2.24, 2.45) is 10.8 Å². The molecule has 0 aliphatic heterocycles. The summed E-state index contributed by atoms with van der Waals surface area (Å²) in [6.07, 6.45) is 1.23. The van der Waals surface area contributed by atoms with E-state index >= 15 is 0 Å². The highest BCUT2D eigenvalue weighted by Crippen LogP contribution is 2.43. The molecule has 0 radical (unpaired) electrons. The van der Waals surface area contributed by atoms with Crippen LogP contribution in [0.5, 0.6) is 0 Å². The van der Waals surface area contributed by atoms with Crippen molar-refractivity contribution < 1.29 is 0 Å². The number of aryl methyl sites for hydroxylation is 1. The highest BCUT2D eigenvalue weighted by molar-refractivity contribution is 14.1.